The van der Waals surface area contributed by atoms with Crippen molar-refractivity contribution in [1.82, 2.24) is 0 Å². The van der Waals surface area contributed by atoms with Gasteiger partial charge in [0.05, 0.1) is 12.7 Å². The van der Waals surface area contributed by atoms with Crippen LogP contribution in [0.5, 0.6) is 0 Å². The summed E-state index contributed by atoms with van der Waals surface area (Å²) in [5.41, 5.74) is 0. The zero-order valence-corrected chi connectivity index (χ0v) is 16.5. The number of hydrogen-bond acceptors (Lipinski definition) is 2. The van der Waals surface area contributed by atoms with Crippen LogP contribution in [0.25, 0.3) is 0 Å². The van der Waals surface area contributed by atoms with Crippen LogP contribution in [0.2, 0.25) is 36.3 Å². The molecule has 0 unspecified atom stereocenters. The van der Waals surface area contributed by atoms with E-state index in [1.165, 1.54) is 0 Å². The van der Waals surface area contributed by atoms with E-state index in [4.69, 9.17) is 8.85 Å². The average molecular weight is 301 g/mol. The molecule has 0 saturated carbocycles. The lowest BCUT2D eigenvalue weighted by molar-refractivity contribution is 0.333. The van der Waals surface area contributed by atoms with E-state index in [9.17, 15) is 0 Å². The van der Waals surface area contributed by atoms with Gasteiger partial charge in [-0.2, -0.15) is 0 Å². The van der Waals surface area contributed by atoms with Gasteiger partial charge in [-0.15, -0.1) is 0 Å². The second-order valence-electron chi connectivity index (χ2n) is 8.19. The van der Waals surface area contributed by atoms with Crippen LogP contribution in [0, 0.1) is 12.0 Å². The van der Waals surface area contributed by atoms with Crippen molar-refractivity contribution in [2.45, 2.75) is 77.8 Å². The Bertz CT molecular complexity index is 349. The normalized spacial score (nSPS) is 13.8. The largest absolute Gasteiger partial charge is 0.500 e. The quantitative estimate of drug-likeness (QED) is 0.540. The molecule has 2 nitrogen and oxygen atoms in total. The van der Waals surface area contributed by atoms with E-state index in [0.29, 0.717) is 6.61 Å². The van der Waals surface area contributed by atoms with E-state index >= 15 is 0 Å². The van der Waals surface area contributed by atoms with Crippen LogP contribution in [0.4, 0.5) is 0 Å². The Balaban J connectivity index is 4.38. The zero-order chi connectivity index (χ0) is 15.5. The van der Waals surface area contributed by atoms with Crippen molar-refractivity contribution in [3.8, 4) is 12.0 Å². The lowest BCUT2D eigenvalue weighted by atomic mass is 10.2. The summed E-state index contributed by atoms with van der Waals surface area (Å²) < 4.78 is 11.8. The minimum Gasteiger partial charge on any atom is -0.500 e. The van der Waals surface area contributed by atoms with E-state index in [0.717, 1.165) is 0 Å². The van der Waals surface area contributed by atoms with Crippen molar-refractivity contribution in [3.63, 3.8) is 0 Å². The van der Waals surface area contributed by atoms with Gasteiger partial charge in [0.2, 0.25) is 0 Å². The van der Waals surface area contributed by atoms with E-state index in [1.807, 2.05) is 0 Å². The van der Waals surface area contributed by atoms with Crippen molar-refractivity contribution >= 4 is 16.6 Å². The fourth-order valence-corrected chi connectivity index (χ4v) is 2.28. The van der Waals surface area contributed by atoms with Crippen molar-refractivity contribution in [2.75, 3.05) is 6.61 Å². The molecule has 0 aliphatic rings. The molecule has 0 aromatic rings. The third-order valence-corrected chi connectivity index (χ3v) is 13.2. The van der Waals surface area contributed by atoms with E-state index in [1.54, 1.807) is 0 Å². The maximum Gasteiger partial charge on any atom is 0.264 e. The molecule has 0 fully saturated rings. The highest BCUT2D eigenvalue weighted by Crippen LogP contribution is 2.37. The molecule has 0 N–H and O–H groups in total. The van der Waals surface area contributed by atoms with Crippen molar-refractivity contribution in [1.29, 1.82) is 0 Å². The first-order chi connectivity index (χ1) is 8.21. The first-order valence-corrected chi connectivity index (χ1v) is 12.8. The predicted octanol–water partition coefficient (Wildman–Crippen LogP) is 4.99. The summed E-state index contributed by atoms with van der Waals surface area (Å²) in [6, 6.07) is 0. The lowest BCUT2D eigenvalue weighted by Gasteiger charge is -2.35. The zero-order valence-electron chi connectivity index (χ0n) is 14.5. The molecule has 0 saturated heterocycles. The van der Waals surface area contributed by atoms with Crippen LogP contribution in [0.15, 0.2) is 0 Å². The molecule has 0 bridgehead atoms. The maximum absolute atomic E-state index is 5.99. The van der Waals surface area contributed by atoms with Gasteiger partial charge < -0.3 is 8.85 Å². The van der Waals surface area contributed by atoms with Crippen LogP contribution in [-0.2, 0) is 8.85 Å². The van der Waals surface area contributed by atoms with Crippen molar-refractivity contribution in [2.24, 2.45) is 0 Å². The second-order valence-corrected chi connectivity index (χ2v) is 17.7. The molecule has 4 heteroatoms. The molecule has 0 aliphatic heterocycles. The van der Waals surface area contributed by atoms with E-state index < -0.39 is 16.6 Å². The third kappa shape index (κ3) is 5.72. The molecule has 0 aromatic carbocycles. The minimum atomic E-state index is -1.76. The molecular weight excluding hydrogens is 268 g/mol. The number of hydrogen-bond donors (Lipinski definition) is 0. The highest BCUT2D eigenvalue weighted by Gasteiger charge is 2.39. The Hall–Kier alpha value is -0.246. The van der Waals surface area contributed by atoms with E-state index in [2.05, 4.69) is 79.8 Å². The molecule has 0 aliphatic carbocycles. The summed E-state index contributed by atoms with van der Waals surface area (Å²) >= 11 is 0. The van der Waals surface area contributed by atoms with Crippen LogP contribution in [-0.4, -0.2) is 23.2 Å². The summed E-state index contributed by atoms with van der Waals surface area (Å²) in [7, 11) is -3.44. The fourth-order valence-electron chi connectivity index (χ4n) is 0.779. The topological polar surface area (TPSA) is 18.5 Å². The monoisotopic (exact) mass is 300 g/mol. The second kappa shape index (κ2) is 6.03. The summed E-state index contributed by atoms with van der Waals surface area (Å²) in [6.07, 6.45) is 2.87. The van der Waals surface area contributed by atoms with Crippen LogP contribution < -0.4 is 0 Å². The summed E-state index contributed by atoms with van der Waals surface area (Å²) in [6.45, 7) is 22.7. The van der Waals surface area contributed by atoms with Gasteiger partial charge in [0.1, 0.15) is 0 Å². The maximum atomic E-state index is 5.99. The van der Waals surface area contributed by atoms with Gasteiger partial charge in [0.25, 0.3) is 8.32 Å². The summed E-state index contributed by atoms with van der Waals surface area (Å²) in [5, 5.41) is 0.428. The Morgan fingerprint density at radius 2 is 1.21 bits per heavy atom. The molecular formula is C15H32O2Si2. The lowest BCUT2D eigenvalue weighted by Crippen LogP contribution is -2.41. The standard InChI is InChI=1S/C15H32O2Si2/c1-14(2,3)18(7,8)16-12-11-13-17-19(9,10)15(4,5)6/h12H2,1-10H3. The fraction of sp³-hybridized carbons (Fsp3) is 0.867. The SMILES string of the molecule is CC(C)(C)[Si](C)(C)OC#CCO[Si](C)(C)C(C)(C)C. The molecule has 0 heterocycles. The van der Waals surface area contributed by atoms with Crippen molar-refractivity contribution < 1.29 is 8.85 Å². The molecule has 112 valence electrons. The third-order valence-electron chi connectivity index (χ3n) is 4.50. The average Bonchev–Trinajstić information content (AvgIpc) is 2.12. The molecule has 0 radical (unpaired) electrons. The molecule has 19 heavy (non-hydrogen) atoms. The Kier molecular flexibility index (Phi) is 5.95. The molecule has 0 rings (SSSR count). The van der Waals surface area contributed by atoms with Gasteiger partial charge in [-0.3, -0.25) is 0 Å². The molecule has 0 atom stereocenters. The number of rotatable bonds is 3. The first-order valence-electron chi connectivity index (χ1n) is 7.00. The first kappa shape index (κ1) is 18.8. The van der Waals surface area contributed by atoms with Gasteiger partial charge in [0.15, 0.2) is 8.32 Å². The van der Waals surface area contributed by atoms with Gasteiger partial charge in [-0.05, 0) is 42.2 Å². The Morgan fingerprint density at radius 3 is 1.58 bits per heavy atom. The Morgan fingerprint density at radius 1 is 0.789 bits per heavy atom. The Labute approximate surface area is 122 Å². The predicted molar refractivity (Wildman–Crippen MR) is 89.2 cm³/mol. The highest BCUT2D eigenvalue weighted by atomic mass is 28.4. The minimum absolute atomic E-state index is 0.196. The van der Waals surface area contributed by atoms with Crippen LogP contribution in [0.1, 0.15) is 41.5 Å². The van der Waals surface area contributed by atoms with Gasteiger partial charge in [0, 0.05) is 0 Å². The smallest absolute Gasteiger partial charge is 0.264 e. The van der Waals surface area contributed by atoms with Crippen LogP contribution in [0.3, 0.4) is 0 Å². The van der Waals surface area contributed by atoms with Gasteiger partial charge >= 0.3 is 0 Å². The van der Waals surface area contributed by atoms with Crippen LogP contribution >= 0.6 is 0 Å². The summed E-state index contributed by atoms with van der Waals surface area (Å²) in [5.74, 6) is 3.02. The van der Waals surface area contributed by atoms with Crippen molar-refractivity contribution in [3.05, 3.63) is 0 Å². The van der Waals surface area contributed by atoms with E-state index in [-0.39, 0.29) is 10.1 Å². The molecule has 0 spiro atoms. The molecule has 0 amide bonds. The van der Waals surface area contributed by atoms with Gasteiger partial charge in [-0.1, -0.05) is 41.5 Å². The van der Waals surface area contributed by atoms with Gasteiger partial charge in [-0.25, -0.2) is 0 Å². The highest BCUT2D eigenvalue weighted by molar-refractivity contribution is 6.74. The summed E-state index contributed by atoms with van der Waals surface area (Å²) in [4.78, 5) is 0. The molecule has 0 aromatic heterocycles.